The molecule has 0 atom stereocenters. The lowest BCUT2D eigenvalue weighted by atomic mass is 9.93. The second-order valence-electron chi connectivity index (χ2n) is 9.80. The molecule has 6 aromatic rings. The van der Waals surface area contributed by atoms with Gasteiger partial charge in [-0.15, -0.1) is 0 Å². The average molecular weight is 469 g/mol. The molecule has 0 fully saturated rings. The third-order valence-corrected chi connectivity index (χ3v) is 7.10. The highest BCUT2D eigenvalue weighted by molar-refractivity contribution is 6.08. The second-order valence-corrected chi connectivity index (χ2v) is 9.80. The fourth-order valence-electron chi connectivity index (χ4n) is 5.61. The summed E-state index contributed by atoms with van der Waals surface area (Å²) in [5, 5.41) is 2.07. The number of para-hydroxylation sites is 1. The lowest BCUT2D eigenvalue weighted by Crippen LogP contribution is -1.92. The van der Waals surface area contributed by atoms with Crippen molar-refractivity contribution in [2.45, 2.75) is 34.6 Å². The number of hydrogen-bond donors (Lipinski definition) is 0. The molecule has 176 valence electrons. The Kier molecular flexibility index (Phi) is 5.22. The van der Waals surface area contributed by atoms with Gasteiger partial charge in [0.1, 0.15) is 5.58 Å². The standard InChI is InChI=1S/C33H28N2O/c1-19-16-22(4)30(23(5)17-19)24-14-15-34-29(18-24)27-11-7-10-25-26-12-13-28(35-33(26)36-32(25)27)31-20(2)8-6-9-21(31)3/h6-18H,1-5H3. The predicted molar refractivity (Wildman–Crippen MR) is 149 cm³/mol. The van der Waals surface area contributed by atoms with Gasteiger partial charge in [0.05, 0.1) is 11.4 Å². The van der Waals surface area contributed by atoms with Gasteiger partial charge in [-0.1, -0.05) is 48.0 Å². The van der Waals surface area contributed by atoms with Gasteiger partial charge in [0, 0.05) is 28.1 Å². The molecule has 0 saturated heterocycles. The van der Waals surface area contributed by atoms with Crippen LogP contribution >= 0.6 is 0 Å². The Hall–Kier alpha value is -4.24. The molecule has 3 aromatic carbocycles. The number of hydrogen-bond acceptors (Lipinski definition) is 3. The molecule has 3 aromatic heterocycles. The van der Waals surface area contributed by atoms with E-state index in [1.54, 1.807) is 0 Å². The number of pyridine rings is 2. The quantitative estimate of drug-likeness (QED) is 0.260. The Morgan fingerprint density at radius 3 is 2.08 bits per heavy atom. The SMILES string of the molecule is Cc1cc(C)c(-c2ccnc(-c3cccc4c3oc3nc(-c5c(C)cccc5C)ccc34)c2)c(C)c1. The fraction of sp³-hybridized carbons (Fsp3) is 0.152. The smallest absolute Gasteiger partial charge is 0.227 e. The van der Waals surface area contributed by atoms with Crippen molar-refractivity contribution in [2.24, 2.45) is 0 Å². The van der Waals surface area contributed by atoms with Crippen LogP contribution in [-0.4, -0.2) is 9.97 Å². The zero-order chi connectivity index (χ0) is 25.0. The van der Waals surface area contributed by atoms with Crippen molar-refractivity contribution in [3.63, 3.8) is 0 Å². The van der Waals surface area contributed by atoms with Crippen LogP contribution in [0.4, 0.5) is 0 Å². The number of aryl methyl sites for hydroxylation is 5. The molecule has 0 spiro atoms. The number of rotatable bonds is 3. The number of aromatic nitrogens is 2. The lowest BCUT2D eigenvalue weighted by Gasteiger charge is -2.12. The number of nitrogens with zero attached hydrogens (tertiary/aromatic N) is 2. The van der Waals surface area contributed by atoms with Crippen LogP contribution in [0.25, 0.3) is 55.7 Å². The van der Waals surface area contributed by atoms with Gasteiger partial charge in [0.2, 0.25) is 5.71 Å². The van der Waals surface area contributed by atoms with E-state index in [-0.39, 0.29) is 0 Å². The van der Waals surface area contributed by atoms with Crippen molar-refractivity contribution in [3.05, 3.63) is 107 Å². The van der Waals surface area contributed by atoms with Crippen molar-refractivity contribution in [1.82, 2.24) is 9.97 Å². The minimum Gasteiger partial charge on any atom is -0.437 e. The second kappa shape index (κ2) is 8.46. The molecule has 0 aliphatic heterocycles. The first-order valence-electron chi connectivity index (χ1n) is 12.3. The third-order valence-electron chi connectivity index (χ3n) is 7.10. The minimum atomic E-state index is 0.652. The van der Waals surface area contributed by atoms with E-state index in [0.29, 0.717) is 5.71 Å². The summed E-state index contributed by atoms with van der Waals surface area (Å²) in [4.78, 5) is 9.69. The molecule has 0 bridgehead atoms. The summed E-state index contributed by atoms with van der Waals surface area (Å²) < 4.78 is 6.44. The van der Waals surface area contributed by atoms with E-state index < -0.39 is 0 Å². The van der Waals surface area contributed by atoms with E-state index >= 15 is 0 Å². The van der Waals surface area contributed by atoms with Crippen LogP contribution < -0.4 is 0 Å². The minimum absolute atomic E-state index is 0.652. The van der Waals surface area contributed by atoms with Crippen molar-refractivity contribution in [3.8, 4) is 33.6 Å². The highest BCUT2D eigenvalue weighted by Gasteiger charge is 2.17. The molecule has 0 saturated carbocycles. The van der Waals surface area contributed by atoms with Gasteiger partial charge < -0.3 is 4.42 Å². The molecule has 3 heterocycles. The summed E-state index contributed by atoms with van der Waals surface area (Å²) in [5.74, 6) is 0. The van der Waals surface area contributed by atoms with Crippen LogP contribution in [0.5, 0.6) is 0 Å². The molecule has 6 rings (SSSR count). The summed E-state index contributed by atoms with van der Waals surface area (Å²) in [6.07, 6.45) is 1.89. The normalized spacial score (nSPS) is 11.5. The van der Waals surface area contributed by atoms with Crippen LogP contribution in [0.2, 0.25) is 0 Å². The largest absolute Gasteiger partial charge is 0.437 e. The lowest BCUT2D eigenvalue weighted by molar-refractivity contribution is 0.655. The van der Waals surface area contributed by atoms with E-state index in [4.69, 9.17) is 14.4 Å². The number of benzene rings is 3. The molecular formula is C33H28N2O. The van der Waals surface area contributed by atoms with Gasteiger partial charge in [-0.25, -0.2) is 4.98 Å². The van der Waals surface area contributed by atoms with Crippen molar-refractivity contribution >= 4 is 22.1 Å². The van der Waals surface area contributed by atoms with Crippen molar-refractivity contribution < 1.29 is 4.42 Å². The fourth-order valence-corrected chi connectivity index (χ4v) is 5.61. The maximum atomic E-state index is 6.44. The summed E-state index contributed by atoms with van der Waals surface area (Å²) in [6, 6.07) is 25.5. The zero-order valence-corrected chi connectivity index (χ0v) is 21.3. The molecule has 0 aliphatic rings. The Morgan fingerprint density at radius 2 is 1.33 bits per heavy atom. The summed E-state index contributed by atoms with van der Waals surface area (Å²) in [7, 11) is 0. The third kappa shape index (κ3) is 3.59. The molecule has 0 aliphatic carbocycles. The Bertz CT molecular complexity index is 1750. The van der Waals surface area contributed by atoms with Gasteiger partial charge in [-0.2, -0.15) is 0 Å². The van der Waals surface area contributed by atoms with Gasteiger partial charge in [0.15, 0.2) is 0 Å². The van der Waals surface area contributed by atoms with E-state index in [9.17, 15) is 0 Å². The van der Waals surface area contributed by atoms with Gasteiger partial charge in [0.25, 0.3) is 0 Å². The van der Waals surface area contributed by atoms with Gasteiger partial charge in [-0.3, -0.25) is 4.98 Å². The molecule has 3 heteroatoms. The average Bonchev–Trinajstić information content (AvgIpc) is 3.21. The van der Waals surface area contributed by atoms with E-state index in [1.807, 2.05) is 6.20 Å². The van der Waals surface area contributed by atoms with Crippen molar-refractivity contribution in [2.75, 3.05) is 0 Å². The monoisotopic (exact) mass is 468 g/mol. The first-order chi connectivity index (χ1) is 17.4. The van der Waals surface area contributed by atoms with E-state index in [1.165, 1.54) is 44.5 Å². The summed E-state index contributed by atoms with van der Waals surface area (Å²) >= 11 is 0. The van der Waals surface area contributed by atoms with Gasteiger partial charge >= 0.3 is 0 Å². The highest BCUT2D eigenvalue weighted by Crippen LogP contribution is 2.38. The van der Waals surface area contributed by atoms with Crippen LogP contribution in [0.1, 0.15) is 27.8 Å². The summed E-state index contributed by atoms with van der Waals surface area (Å²) in [6.45, 7) is 10.7. The van der Waals surface area contributed by atoms with Crippen LogP contribution in [-0.2, 0) is 0 Å². The molecule has 0 amide bonds. The molecule has 3 nitrogen and oxygen atoms in total. The number of fused-ring (bicyclic) bond motifs is 3. The first kappa shape index (κ1) is 22.2. The highest BCUT2D eigenvalue weighted by atomic mass is 16.3. The zero-order valence-electron chi connectivity index (χ0n) is 21.3. The van der Waals surface area contributed by atoms with Crippen LogP contribution in [0.3, 0.4) is 0 Å². The maximum absolute atomic E-state index is 6.44. The van der Waals surface area contributed by atoms with Gasteiger partial charge in [-0.05, 0) is 98.3 Å². The molecular weight excluding hydrogens is 440 g/mol. The number of furan rings is 1. The summed E-state index contributed by atoms with van der Waals surface area (Å²) in [5.41, 5.74) is 14.1. The predicted octanol–water partition coefficient (Wildman–Crippen LogP) is 8.92. The molecule has 0 unspecified atom stereocenters. The molecule has 36 heavy (non-hydrogen) atoms. The first-order valence-corrected chi connectivity index (χ1v) is 12.3. The van der Waals surface area contributed by atoms with Crippen LogP contribution in [0, 0.1) is 34.6 Å². The van der Waals surface area contributed by atoms with Crippen LogP contribution in [0.15, 0.2) is 83.4 Å². The topological polar surface area (TPSA) is 38.9 Å². The Balaban J connectivity index is 1.52. The molecule has 0 radical (unpaired) electrons. The maximum Gasteiger partial charge on any atom is 0.227 e. The van der Waals surface area contributed by atoms with E-state index in [2.05, 4.69) is 107 Å². The van der Waals surface area contributed by atoms with E-state index in [0.717, 1.165) is 33.3 Å². The Morgan fingerprint density at radius 1 is 0.611 bits per heavy atom. The Labute approximate surface area is 211 Å². The van der Waals surface area contributed by atoms with Crippen molar-refractivity contribution in [1.29, 1.82) is 0 Å². The molecule has 0 N–H and O–H groups in total.